The minimum Gasteiger partial charge on any atom is -0.346 e. The predicted molar refractivity (Wildman–Crippen MR) is 117 cm³/mol. The Morgan fingerprint density at radius 1 is 1.23 bits per heavy atom. The standard InChI is InChI=1S/C21H26N6O2S/c1-2-18(28)27-8-5-14-4-7-26(11-16(14)27)21(29)17-12-25(9-10-30-17)20-15-3-6-22-19(15)23-13-24-20/h3,6,12-14,16H,2,4-5,7-11H2,1H3,(H,22,23,24). The first-order chi connectivity index (χ1) is 14.7. The molecular formula is C21H26N6O2S. The SMILES string of the molecule is CCC(=O)N1CCC2CCN(C(=O)C3=CN(c4ncnc5[nH]ccc45)CCS3)CC21. The molecule has 5 heterocycles. The fourth-order valence-electron chi connectivity index (χ4n) is 4.86. The molecule has 2 amide bonds. The summed E-state index contributed by atoms with van der Waals surface area (Å²) in [5.74, 6) is 2.44. The molecule has 8 nitrogen and oxygen atoms in total. The van der Waals surface area contributed by atoms with Crippen molar-refractivity contribution >= 4 is 40.4 Å². The van der Waals surface area contributed by atoms with Crippen LogP contribution < -0.4 is 4.90 Å². The zero-order chi connectivity index (χ0) is 20.7. The van der Waals surface area contributed by atoms with Gasteiger partial charge in [-0.25, -0.2) is 9.97 Å². The lowest BCUT2D eigenvalue weighted by Crippen LogP contribution is -2.51. The van der Waals surface area contributed by atoms with Gasteiger partial charge in [-0.3, -0.25) is 9.59 Å². The molecule has 30 heavy (non-hydrogen) atoms. The van der Waals surface area contributed by atoms with Crippen molar-refractivity contribution in [3.05, 3.63) is 29.7 Å². The maximum absolute atomic E-state index is 13.3. The summed E-state index contributed by atoms with van der Waals surface area (Å²) in [5.41, 5.74) is 0.795. The van der Waals surface area contributed by atoms with E-state index in [1.54, 1.807) is 18.1 Å². The maximum Gasteiger partial charge on any atom is 0.261 e. The molecule has 2 aromatic rings. The molecule has 0 radical (unpaired) electrons. The molecule has 0 bridgehead atoms. The number of likely N-dealkylation sites (tertiary alicyclic amines) is 2. The van der Waals surface area contributed by atoms with Gasteiger partial charge in [-0.05, 0) is 24.8 Å². The van der Waals surface area contributed by atoms with Crippen LogP contribution in [0.4, 0.5) is 5.82 Å². The van der Waals surface area contributed by atoms with E-state index in [1.807, 2.05) is 35.2 Å². The van der Waals surface area contributed by atoms with Gasteiger partial charge in [0.25, 0.3) is 5.91 Å². The Labute approximate surface area is 179 Å². The van der Waals surface area contributed by atoms with Gasteiger partial charge in [-0.15, -0.1) is 11.8 Å². The van der Waals surface area contributed by atoms with E-state index >= 15 is 0 Å². The highest BCUT2D eigenvalue weighted by Gasteiger charge is 2.41. The fourth-order valence-corrected chi connectivity index (χ4v) is 5.82. The zero-order valence-corrected chi connectivity index (χ0v) is 17.9. The van der Waals surface area contributed by atoms with Crippen LogP contribution in [-0.2, 0) is 9.59 Å². The van der Waals surface area contributed by atoms with E-state index in [1.165, 1.54) is 0 Å². The highest BCUT2D eigenvalue weighted by atomic mass is 32.2. The molecule has 2 saturated heterocycles. The molecule has 1 N–H and O–H groups in total. The summed E-state index contributed by atoms with van der Waals surface area (Å²) in [6.45, 7) is 4.94. The largest absolute Gasteiger partial charge is 0.346 e. The predicted octanol–water partition coefficient (Wildman–Crippen LogP) is 2.21. The number of rotatable bonds is 3. The number of carbonyl (C=O) groups excluding carboxylic acids is 2. The van der Waals surface area contributed by atoms with Crippen LogP contribution in [0.2, 0.25) is 0 Å². The third-order valence-electron chi connectivity index (χ3n) is 6.45. The van der Waals surface area contributed by atoms with Crippen LogP contribution in [-0.4, -0.2) is 74.5 Å². The van der Waals surface area contributed by atoms with Crippen LogP contribution in [0.1, 0.15) is 26.2 Å². The number of hydrogen-bond donors (Lipinski definition) is 1. The molecule has 0 aliphatic carbocycles. The van der Waals surface area contributed by atoms with Crippen molar-refractivity contribution in [2.75, 3.05) is 36.8 Å². The van der Waals surface area contributed by atoms with Crippen molar-refractivity contribution in [2.24, 2.45) is 5.92 Å². The van der Waals surface area contributed by atoms with Crippen molar-refractivity contribution in [3.8, 4) is 0 Å². The summed E-state index contributed by atoms with van der Waals surface area (Å²) in [6, 6.07) is 2.13. The monoisotopic (exact) mass is 426 g/mol. The number of hydrogen-bond acceptors (Lipinski definition) is 6. The minimum absolute atomic E-state index is 0.0679. The van der Waals surface area contributed by atoms with Crippen molar-refractivity contribution < 1.29 is 9.59 Å². The molecule has 158 valence electrons. The Hall–Kier alpha value is -2.55. The van der Waals surface area contributed by atoms with Crippen molar-refractivity contribution in [2.45, 2.75) is 32.2 Å². The van der Waals surface area contributed by atoms with E-state index < -0.39 is 0 Å². The van der Waals surface area contributed by atoms with Gasteiger partial charge in [0.15, 0.2) is 0 Å². The third-order valence-corrected chi connectivity index (χ3v) is 7.43. The molecule has 0 saturated carbocycles. The quantitative estimate of drug-likeness (QED) is 0.810. The number of aromatic nitrogens is 3. The van der Waals surface area contributed by atoms with E-state index in [2.05, 4.69) is 19.9 Å². The zero-order valence-electron chi connectivity index (χ0n) is 17.1. The summed E-state index contributed by atoms with van der Waals surface area (Å²) in [7, 11) is 0. The van der Waals surface area contributed by atoms with Crippen LogP contribution in [0.3, 0.4) is 0 Å². The van der Waals surface area contributed by atoms with Gasteiger partial charge in [0.2, 0.25) is 5.91 Å². The van der Waals surface area contributed by atoms with Gasteiger partial charge < -0.3 is 19.7 Å². The number of carbonyl (C=O) groups is 2. The number of piperidine rings is 1. The van der Waals surface area contributed by atoms with E-state index in [9.17, 15) is 9.59 Å². The second kappa shape index (κ2) is 7.94. The van der Waals surface area contributed by atoms with Gasteiger partial charge in [-0.2, -0.15) is 0 Å². The van der Waals surface area contributed by atoms with Crippen LogP contribution in [0.25, 0.3) is 11.0 Å². The molecule has 3 aliphatic heterocycles. The number of H-pyrrole nitrogens is 1. The number of nitrogens with zero attached hydrogens (tertiary/aromatic N) is 5. The second-order valence-electron chi connectivity index (χ2n) is 8.07. The van der Waals surface area contributed by atoms with Crippen LogP contribution in [0.5, 0.6) is 0 Å². The molecule has 2 fully saturated rings. The van der Waals surface area contributed by atoms with E-state index in [-0.39, 0.29) is 17.9 Å². The number of fused-ring (bicyclic) bond motifs is 2. The maximum atomic E-state index is 13.3. The normalized spacial score (nSPS) is 24.2. The molecule has 2 aromatic heterocycles. The first kappa shape index (κ1) is 19.4. The number of anilines is 1. The van der Waals surface area contributed by atoms with Crippen LogP contribution >= 0.6 is 11.8 Å². The number of aromatic amines is 1. The fraction of sp³-hybridized carbons (Fsp3) is 0.524. The number of amides is 2. The molecule has 0 aromatic carbocycles. The Balaban J connectivity index is 1.35. The van der Waals surface area contributed by atoms with E-state index in [0.717, 1.165) is 60.0 Å². The minimum atomic E-state index is 0.0679. The van der Waals surface area contributed by atoms with Gasteiger partial charge in [0.1, 0.15) is 17.8 Å². The lowest BCUT2D eigenvalue weighted by atomic mass is 9.92. The molecule has 0 spiro atoms. The third kappa shape index (κ3) is 3.34. The highest BCUT2D eigenvalue weighted by molar-refractivity contribution is 8.04. The van der Waals surface area contributed by atoms with Crippen LogP contribution in [0.15, 0.2) is 29.7 Å². The van der Waals surface area contributed by atoms with Gasteiger partial charge >= 0.3 is 0 Å². The summed E-state index contributed by atoms with van der Waals surface area (Å²) in [4.78, 5) is 44.2. The van der Waals surface area contributed by atoms with Crippen molar-refractivity contribution in [1.29, 1.82) is 0 Å². The Kier molecular flexibility index (Phi) is 5.14. The first-order valence-corrected chi connectivity index (χ1v) is 11.6. The molecule has 5 rings (SSSR count). The summed E-state index contributed by atoms with van der Waals surface area (Å²) < 4.78 is 0. The average Bonchev–Trinajstić information content (AvgIpc) is 3.44. The summed E-state index contributed by atoms with van der Waals surface area (Å²) in [5, 5.41) is 0.952. The molecule has 3 aliphatic rings. The smallest absolute Gasteiger partial charge is 0.261 e. The Morgan fingerprint density at radius 3 is 2.97 bits per heavy atom. The lowest BCUT2D eigenvalue weighted by Gasteiger charge is -2.39. The van der Waals surface area contributed by atoms with Crippen molar-refractivity contribution in [1.82, 2.24) is 24.8 Å². The lowest BCUT2D eigenvalue weighted by molar-refractivity contribution is -0.136. The number of nitrogens with one attached hydrogen (secondary N) is 1. The molecule has 9 heteroatoms. The summed E-state index contributed by atoms with van der Waals surface area (Å²) >= 11 is 1.60. The van der Waals surface area contributed by atoms with E-state index in [4.69, 9.17) is 0 Å². The van der Waals surface area contributed by atoms with E-state index in [0.29, 0.717) is 18.9 Å². The van der Waals surface area contributed by atoms with Crippen LogP contribution in [0, 0.1) is 5.92 Å². The topological polar surface area (TPSA) is 85.4 Å². The van der Waals surface area contributed by atoms with Gasteiger partial charge in [0.05, 0.1) is 16.3 Å². The van der Waals surface area contributed by atoms with Gasteiger partial charge in [-0.1, -0.05) is 6.92 Å². The van der Waals surface area contributed by atoms with Gasteiger partial charge in [0, 0.05) is 50.7 Å². The molecular weight excluding hydrogens is 400 g/mol. The molecule has 2 unspecified atom stereocenters. The first-order valence-electron chi connectivity index (χ1n) is 10.6. The highest BCUT2D eigenvalue weighted by Crippen LogP contribution is 2.35. The molecule has 2 atom stereocenters. The Bertz CT molecular complexity index is 1000. The summed E-state index contributed by atoms with van der Waals surface area (Å²) in [6.07, 6.45) is 7.90. The average molecular weight is 427 g/mol. The second-order valence-corrected chi connectivity index (χ2v) is 9.21. The Morgan fingerprint density at radius 2 is 2.10 bits per heavy atom. The number of thioether (sulfide) groups is 1. The van der Waals surface area contributed by atoms with Crippen molar-refractivity contribution in [3.63, 3.8) is 0 Å².